The minimum Gasteiger partial charge on any atom is -0.493 e. The molecule has 0 saturated heterocycles. The number of oxazole rings is 1. The highest BCUT2D eigenvalue weighted by atomic mass is 35.5. The van der Waals surface area contributed by atoms with Crippen LogP contribution in [0.2, 0.25) is 0 Å². The molecular weight excluding hydrogens is 286 g/mol. The van der Waals surface area contributed by atoms with Crippen molar-refractivity contribution in [2.45, 2.75) is 5.88 Å². The van der Waals surface area contributed by atoms with Crippen molar-refractivity contribution in [2.75, 3.05) is 21.3 Å². The molecule has 0 saturated carbocycles. The van der Waals surface area contributed by atoms with Crippen LogP contribution in [0.5, 0.6) is 29.1 Å². The van der Waals surface area contributed by atoms with Crippen LogP contribution in [0.4, 0.5) is 0 Å². The van der Waals surface area contributed by atoms with E-state index in [2.05, 4.69) is 4.98 Å². The van der Waals surface area contributed by atoms with Crippen molar-refractivity contribution in [3.63, 3.8) is 0 Å². The zero-order chi connectivity index (χ0) is 14.5. The van der Waals surface area contributed by atoms with E-state index in [0.29, 0.717) is 28.7 Å². The molecule has 2 aromatic rings. The molecule has 6 nitrogen and oxygen atoms in total. The number of alkyl halides is 1. The Labute approximate surface area is 121 Å². The Kier molecular flexibility index (Phi) is 4.57. The minimum atomic E-state index is 0.0925. The molecule has 1 aromatic carbocycles. The van der Waals surface area contributed by atoms with Crippen molar-refractivity contribution >= 4 is 11.6 Å². The van der Waals surface area contributed by atoms with Crippen molar-refractivity contribution in [2.24, 2.45) is 0 Å². The number of ether oxygens (including phenoxy) is 4. The van der Waals surface area contributed by atoms with Gasteiger partial charge in [-0.15, -0.1) is 11.6 Å². The Bertz CT molecular complexity index is 559. The standard InChI is InChI=1S/C13H14ClNO5/c1-16-10-4-9(5-11(17-2)12(10)18-3)20-13-15-8(6-14)7-19-13/h4-5,7H,6H2,1-3H3. The average Bonchev–Trinajstić information content (AvgIpc) is 2.93. The third-order valence-electron chi connectivity index (χ3n) is 2.51. The maximum atomic E-state index is 5.64. The van der Waals surface area contributed by atoms with Gasteiger partial charge in [-0.3, -0.25) is 0 Å². The van der Waals surface area contributed by atoms with Crippen molar-refractivity contribution < 1.29 is 23.4 Å². The van der Waals surface area contributed by atoms with E-state index in [4.69, 9.17) is 35.0 Å². The number of hydrogen-bond donors (Lipinski definition) is 0. The molecule has 0 spiro atoms. The number of hydrogen-bond acceptors (Lipinski definition) is 6. The molecule has 0 aliphatic carbocycles. The molecule has 0 fully saturated rings. The maximum absolute atomic E-state index is 5.64. The van der Waals surface area contributed by atoms with Gasteiger partial charge in [-0.2, -0.15) is 4.98 Å². The lowest BCUT2D eigenvalue weighted by atomic mass is 10.2. The Morgan fingerprint density at radius 1 is 1.10 bits per heavy atom. The summed E-state index contributed by atoms with van der Waals surface area (Å²) in [6, 6.07) is 3.29. The van der Waals surface area contributed by atoms with Gasteiger partial charge in [-0.1, -0.05) is 0 Å². The third kappa shape index (κ3) is 2.91. The lowest BCUT2D eigenvalue weighted by Gasteiger charge is -2.13. The third-order valence-corrected chi connectivity index (χ3v) is 2.78. The van der Waals surface area contributed by atoms with E-state index in [0.717, 1.165) is 0 Å². The first-order valence-electron chi connectivity index (χ1n) is 5.70. The summed E-state index contributed by atoms with van der Waals surface area (Å²) < 4.78 is 26.3. The van der Waals surface area contributed by atoms with Crippen LogP contribution in [-0.2, 0) is 5.88 Å². The average molecular weight is 300 g/mol. The molecule has 1 aromatic heterocycles. The molecule has 0 aliphatic rings. The smallest absolute Gasteiger partial charge is 0.399 e. The highest BCUT2D eigenvalue weighted by Crippen LogP contribution is 2.41. The summed E-state index contributed by atoms with van der Waals surface area (Å²) in [5.41, 5.74) is 0.592. The molecule has 0 atom stereocenters. The van der Waals surface area contributed by atoms with Gasteiger partial charge in [0.2, 0.25) is 5.75 Å². The molecule has 0 aliphatic heterocycles. The van der Waals surface area contributed by atoms with Crippen LogP contribution in [0.15, 0.2) is 22.8 Å². The first-order valence-corrected chi connectivity index (χ1v) is 6.23. The van der Waals surface area contributed by atoms with Crippen LogP contribution in [0.25, 0.3) is 0 Å². The van der Waals surface area contributed by atoms with Gasteiger partial charge in [0.25, 0.3) is 0 Å². The predicted molar refractivity (Wildman–Crippen MR) is 72.2 cm³/mol. The van der Waals surface area contributed by atoms with E-state index in [9.17, 15) is 0 Å². The summed E-state index contributed by atoms with van der Waals surface area (Å²) in [4.78, 5) is 4.04. The molecule has 7 heteroatoms. The lowest BCUT2D eigenvalue weighted by molar-refractivity contribution is 0.308. The predicted octanol–water partition coefficient (Wildman–Crippen LogP) is 3.23. The largest absolute Gasteiger partial charge is 0.493 e. The molecule has 108 valence electrons. The van der Waals surface area contributed by atoms with Crippen LogP contribution in [0.3, 0.4) is 0 Å². The van der Waals surface area contributed by atoms with Gasteiger partial charge in [0.15, 0.2) is 11.5 Å². The molecular formula is C13H14ClNO5. The number of rotatable bonds is 6. The lowest BCUT2D eigenvalue weighted by Crippen LogP contribution is -1.96. The van der Waals surface area contributed by atoms with E-state index < -0.39 is 0 Å². The molecule has 0 N–H and O–H groups in total. The van der Waals surface area contributed by atoms with E-state index in [1.54, 1.807) is 12.1 Å². The fourth-order valence-corrected chi connectivity index (χ4v) is 1.74. The first-order chi connectivity index (χ1) is 9.71. The fraction of sp³-hybridized carbons (Fsp3) is 0.308. The summed E-state index contributed by atoms with van der Waals surface area (Å²) in [6.45, 7) is 0. The maximum Gasteiger partial charge on any atom is 0.399 e. The number of halogens is 1. The molecule has 0 unspecified atom stereocenters. The molecule has 0 bridgehead atoms. The van der Waals surface area contributed by atoms with Crippen molar-refractivity contribution in [3.8, 4) is 29.1 Å². The second-order valence-corrected chi connectivity index (χ2v) is 3.97. The van der Waals surface area contributed by atoms with Crippen LogP contribution in [0.1, 0.15) is 5.69 Å². The SMILES string of the molecule is COc1cc(Oc2nc(CCl)co2)cc(OC)c1OC. The van der Waals surface area contributed by atoms with E-state index in [1.165, 1.54) is 27.6 Å². The van der Waals surface area contributed by atoms with Gasteiger partial charge in [0, 0.05) is 12.1 Å². The van der Waals surface area contributed by atoms with E-state index in [1.807, 2.05) is 0 Å². The van der Waals surface area contributed by atoms with Crippen molar-refractivity contribution in [3.05, 3.63) is 24.1 Å². The topological polar surface area (TPSA) is 63.0 Å². The van der Waals surface area contributed by atoms with Crippen molar-refractivity contribution in [1.29, 1.82) is 0 Å². The summed E-state index contributed by atoms with van der Waals surface area (Å²) in [5, 5.41) is 0. The van der Waals surface area contributed by atoms with Gasteiger partial charge >= 0.3 is 6.08 Å². The van der Waals surface area contributed by atoms with Crippen LogP contribution in [-0.4, -0.2) is 26.3 Å². The molecule has 2 rings (SSSR count). The summed E-state index contributed by atoms with van der Waals surface area (Å²) in [7, 11) is 4.58. The number of methoxy groups -OCH3 is 3. The van der Waals surface area contributed by atoms with Crippen LogP contribution < -0.4 is 18.9 Å². The number of nitrogens with zero attached hydrogens (tertiary/aromatic N) is 1. The molecule has 1 heterocycles. The second-order valence-electron chi connectivity index (χ2n) is 3.70. The van der Waals surface area contributed by atoms with E-state index >= 15 is 0 Å². The number of aromatic nitrogens is 1. The normalized spacial score (nSPS) is 10.2. The highest BCUT2D eigenvalue weighted by molar-refractivity contribution is 6.16. The van der Waals surface area contributed by atoms with Crippen LogP contribution in [0, 0.1) is 0 Å². The summed E-state index contributed by atoms with van der Waals surface area (Å²) in [6.07, 6.45) is 1.52. The zero-order valence-corrected chi connectivity index (χ0v) is 12.1. The van der Waals surface area contributed by atoms with Gasteiger partial charge in [0.1, 0.15) is 12.0 Å². The second kappa shape index (κ2) is 6.38. The minimum absolute atomic E-state index is 0.0925. The van der Waals surface area contributed by atoms with Crippen molar-refractivity contribution in [1.82, 2.24) is 4.98 Å². The Morgan fingerprint density at radius 3 is 2.20 bits per heavy atom. The molecule has 0 amide bonds. The van der Waals surface area contributed by atoms with E-state index in [-0.39, 0.29) is 12.0 Å². The van der Waals surface area contributed by atoms with Gasteiger partial charge in [-0.05, 0) is 0 Å². The quantitative estimate of drug-likeness (QED) is 0.763. The fourth-order valence-electron chi connectivity index (χ4n) is 1.61. The Hall–Kier alpha value is -2.08. The Morgan fingerprint density at radius 2 is 1.75 bits per heavy atom. The summed E-state index contributed by atoms with van der Waals surface area (Å²) >= 11 is 5.64. The zero-order valence-electron chi connectivity index (χ0n) is 11.3. The Balaban J connectivity index is 2.31. The number of benzene rings is 1. The molecule has 20 heavy (non-hydrogen) atoms. The first kappa shape index (κ1) is 14.3. The van der Waals surface area contributed by atoms with Gasteiger partial charge < -0.3 is 23.4 Å². The van der Waals surface area contributed by atoms with Gasteiger partial charge in [0.05, 0.1) is 32.9 Å². The molecule has 0 radical (unpaired) electrons. The van der Waals surface area contributed by atoms with Gasteiger partial charge in [-0.25, -0.2) is 0 Å². The highest BCUT2D eigenvalue weighted by Gasteiger charge is 2.15. The monoisotopic (exact) mass is 299 g/mol. The summed E-state index contributed by atoms with van der Waals surface area (Å²) in [5.74, 6) is 2.14. The van der Waals surface area contributed by atoms with Crippen LogP contribution >= 0.6 is 11.6 Å².